The third-order valence-corrected chi connectivity index (χ3v) is 3.56. The first kappa shape index (κ1) is 15.4. The Morgan fingerprint density at radius 3 is 2.74 bits per heavy atom. The highest BCUT2D eigenvalue weighted by Crippen LogP contribution is 2.20. The lowest BCUT2D eigenvalue weighted by atomic mass is 9.99. The minimum Gasteiger partial charge on any atom is -0.478 e. The standard InChI is InChI=1S/C14H19NO3S/c1-4-8-14(2,3)15-13(18)12-10(7-9-19-12)5-6-11(16)17/h5-7,9H,4,8H2,1-3H3,(H,15,18)(H,16,17)/b6-5+. The smallest absolute Gasteiger partial charge is 0.328 e. The number of amides is 1. The summed E-state index contributed by atoms with van der Waals surface area (Å²) in [4.78, 5) is 23.2. The number of hydrogen-bond acceptors (Lipinski definition) is 3. The second-order valence-electron chi connectivity index (χ2n) is 4.96. The second kappa shape index (κ2) is 6.52. The van der Waals surface area contributed by atoms with Crippen molar-refractivity contribution < 1.29 is 14.7 Å². The van der Waals surface area contributed by atoms with Crippen molar-refractivity contribution in [1.82, 2.24) is 5.32 Å². The van der Waals surface area contributed by atoms with E-state index in [0.29, 0.717) is 10.4 Å². The number of aliphatic carboxylic acids is 1. The summed E-state index contributed by atoms with van der Waals surface area (Å²) in [5.74, 6) is -1.18. The summed E-state index contributed by atoms with van der Waals surface area (Å²) in [6, 6.07) is 1.74. The zero-order valence-electron chi connectivity index (χ0n) is 11.4. The van der Waals surface area contributed by atoms with Gasteiger partial charge in [0.2, 0.25) is 0 Å². The van der Waals surface area contributed by atoms with Crippen LogP contribution in [0.15, 0.2) is 17.5 Å². The first-order valence-electron chi connectivity index (χ1n) is 6.17. The Bertz CT molecular complexity index is 489. The van der Waals surface area contributed by atoms with Gasteiger partial charge in [-0.05, 0) is 43.4 Å². The molecule has 0 saturated heterocycles. The number of rotatable bonds is 6. The van der Waals surface area contributed by atoms with Crippen LogP contribution in [-0.4, -0.2) is 22.5 Å². The molecule has 0 spiro atoms. The van der Waals surface area contributed by atoms with E-state index < -0.39 is 5.97 Å². The molecule has 1 rings (SSSR count). The lowest BCUT2D eigenvalue weighted by Gasteiger charge is -2.25. The van der Waals surface area contributed by atoms with Gasteiger partial charge in [-0.25, -0.2) is 4.79 Å². The summed E-state index contributed by atoms with van der Waals surface area (Å²) in [5.41, 5.74) is 0.376. The molecule has 0 bridgehead atoms. The van der Waals surface area contributed by atoms with Crippen LogP contribution in [0.2, 0.25) is 0 Å². The van der Waals surface area contributed by atoms with Crippen molar-refractivity contribution in [3.63, 3.8) is 0 Å². The summed E-state index contributed by atoms with van der Waals surface area (Å²) in [7, 11) is 0. The molecule has 1 aromatic heterocycles. The molecule has 104 valence electrons. The highest BCUT2D eigenvalue weighted by Gasteiger charge is 2.21. The van der Waals surface area contributed by atoms with E-state index in [-0.39, 0.29) is 11.4 Å². The number of carboxylic acids is 1. The third kappa shape index (κ3) is 4.87. The minimum absolute atomic E-state index is 0.154. The summed E-state index contributed by atoms with van der Waals surface area (Å²) in [6.45, 7) is 6.03. The van der Waals surface area contributed by atoms with Gasteiger partial charge in [-0.3, -0.25) is 4.79 Å². The van der Waals surface area contributed by atoms with Crippen LogP contribution in [-0.2, 0) is 4.79 Å². The number of thiophene rings is 1. The van der Waals surface area contributed by atoms with Crippen molar-refractivity contribution in [1.29, 1.82) is 0 Å². The fraction of sp³-hybridized carbons (Fsp3) is 0.429. The quantitative estimate of drug-likeness (QED) is 0.787. The molecule has 0 radical (unpaired) electrons. The molecule has 1 heterocycles. The number of hydrogen-bond donors (Lipinski definition) is 2. The van der Waals surface area contributed by atoms with Gasteiger partial charge in [-0.2, -0.15) is 0 Å². The third-order valence-electron chi connectivity index (χ3n) is 2.63. The molecule has 0 atom stereocenters. The number of carbonyl (C=O) groups is 2. The van der Waals surface area contributed by atoms with Crippen LogP contribution in [0.5, 0.6) is 0 Å². The highest BCUT2D eigenvalue weighted by atomic mass is 32.1. The number of nitrogens with one attached hydrogen (secondary N) is 1. The summed E-state index contributed by atoms with van der Waals surface area (Å²) < 4.78 is 0. The number of carbonyl (C=O) groups excluding carboxylic acids is 1. The van der Waals surface area contributed by atoms with Gasteiger partial charge in [0.1, 0.15) is 0 Å². The van der Waals surface area contributed by atoms with Crippen molar-refractivity contribution in [2.45, 2.75) is 39.2 Å². The van der Waals surface area contributed by atoms with Crippen LogP contribution in [0.1, 0.15) is 48.8 Å². The largest absolute Gasteiger partial charge is 0.478 e. The van der Waals surface area contributed by atoms with Crippen LogP contribution in [0.4, 0.5) is 0 Å². The van der Waals surface area contributed by atoms with E-state index in [1.165, 1.54) is 17.4 Å². The van der Waals surface area contributed by atoms with E-state index in [4.69, 9.17) is 5.11 Å². The van der Waals surface area contributed by atoms with E-state index in [0.717, 1.165) is 18.9 Å². The summed E-state index contributed by atoms with van der Waals surface area (Å²) in [5, 5.41) is 13.4. The molecule has 0 aliphatic rings. The molecule has 0 saturated carbocycles. The molecule has 5 heteroatoms. The average Bonchev–Trinajstić information content (AvgIpc) is 2.73. The zero-order chi connectivity index (χ0) is 14.5. The van der Waals surface area contributed by atoms with E-state index in [1.54, 1.807) is 11.4 Å². The van der Waals surface area contributed by atoms with Crippen molar-refractivity contribution in [2.75, 3.05) is 0 Å². The van der Waals surface area contributed by atoms with Crippen LogP contribution < -0.4 is 5.32 Å². The topological polar surface area (TPSA) is 66.4 Å². The SMILES string of the molecule is CCCC(C)(C)NC(=O)c1sccc1/C=C/C(=O)O. The fourth-order valence-electron chi connectivity index (χ4n) is 1.85. The van der Waals surface area contributed by atoms with Gasteiger partial charge >= 0.3 is 5.97 Å². The Kier molecular flexibility index (Phi) is 5.30. The van der Waals surface area contributed by atoms with E-state index >= 15 is 0 Å². The maximum Gasteiger partial charge on any atom is 0.328 e. The monoisotopic (exact) mass is 281 g/mol. The lowest BCUT2D eigenvalue weighted by molar-refractivity contribution is -0.131. The Hall–Kier alpha value is -1.62. The minimum atomic E-state index is -1.02. The first-order chi connectivity index (χ1) is 8.85. The number of carboxylic acid groups (broad SMARTS) is 1. The molecule has 0 aliphatic heterocycles. The van der Waals surface area contributed by atoms with Gasteiger partial charge in [-0.15, -0.1) is 11.3 Å². The molecular weight excluding hydrogens is 262 g/mol. The molecule has 1 aromatic rings. The van der Waals surface area contributed by atoms with Gasteiger partial charge in [-0.1, -0.05) is 13.3 Å². The highest BCUT2D eigenvalue weighted by molar-refractivity contribution is 7.12. The molecule has 1 amide bonds. The van der Waals surface area contributed by atoms with Crippen LogP contribution in [0.3, 0.4) is 0 Å². The van der Waals surface area contributed by atoms with Gasteiger partial charge in [0.05, 0.1) is 4.88 Å². The molecule has 4 nitrogen and oxygen atoms in total. The van der Waals surface area contributed by atoms with E-state index in [1.807, 2.05) is 13.8 Å². The van der Waals surface area contributed by atoms with Crippen molar-refractivity contribution in [3.05, 3.63) is 28.0 Å². The van der Waals surface area contributed by atoms with Gasteiger partial charge in [0, 0.05) is 11.6 Å². The Morgan fingerprint density at radius 2 is 2.16 bits per heavy atom. The van der Waals surface area contributed by atoms with Crippen LogP contribution >= 0.6 is 11.3 Å². The van der Waals surface area contributed by atoms with Gasteiger partial charge in [0.15, 0.2) is 0 Å². The first-order valence-corrected chi connectivity index (χ1v) is 7.04. The molecule has 0 fully saturated rings. The van der Waals surface area contributed by atoms with E-state index in [9.17, 15) is 9.59 Å². The van der Waals surface area contributed by atoms with Crippen LogP contribution in [0.25, 0.3) is 6.08 Å². The predicted octanol–water partition coefficient (Wildman–Crippen LogP) is 3.15. The second-order valence-corrected chi connectivity index (χ2v) is 5.88. The molecule has 0 aromatic carbocycles. The summed E-state index contributed by atoms with van der Waals surface area (Å²) >= 11 is 1.31. The maximum atomic E-state index is 12.2. The lowest BCUT2D eigenvalue weighted by Crippen LogP contribution is -2.43. The molecular formula is C14H19NO3S. The fourth-order valence-corrected chi connectivity index (χ4v) is 2.63. The van der Waals surface area contributed by atoms with Gasteiger partial charge in [0.25, 0.3) is 5.91 Å². The molecule has 19 heavy (non-hydrogen) atoms. The van der Waals surface area contributed by atoms with Crippen molar-refractivity contribution in [2.24, 2.45) is 0 Å². The van der Waals surface area contributed by atoms with Crippen molar-refractivity contribution in [3.8, 4) is 0 Å². The zero-order valence-corrected chi connectivity index (χ0v) is 12.2. The summed E-state index contributed by atoms with van der Waals surface area (Å²) in [6.07, 6.45) is 4.37. The maximum absolute atomic E-state index is 12.2. The molecule has 0 aliphatic carbocycles. The van der Waals surface area contributed by atoms with Crippen molar-refractivity contribution >= 4 is 29.3 Å². The Balaban J connectivity index is 2.84. The average molecular weight is 281 g/mol. The predicted molar refractivity (Wildman–Crippen MR) is 77.4 cm³/mol. The molecule has 0 unspecified atom stereocenters. The molecule has 2 N–H and O–H groups in total. The van der Waals surface area contributed by atoms with Crippen LogP contribution in [0, 0.1) is 0 Å². The Labute approximate surface area is 117 Å². The normalized spacial score (nSPS) is 11.7. The van der Waals surface area contributed by atoms with E-state index in [2.05, 4.69) is 12.2 Å². The van der Waals surface area contributed by atoms with Gasteiger partial charge < -0.3 is 10.4 Å². The Morgan fingerprint density at radius 1 is 1.47 bits per heavy atom.